The zero-order valence-electron chi connectivity index (χ0n) is 11.6. The van der Waals surface area contributed by atoms with Crippen molar-refractivity contribution in [2.75, 3.05) is 7.05 Å². The summed E-state index contributed by atoms with van der Waals surface area (Å²) in [6.45, 7) is 2.08. The van der Waals surface area contributed by atoms with Crippen LogP contribution < -0.4 is 5.32 Å². The minimum atomic E-state index is 0.319. The maximum atomic E-state index is 5.30. The van der Waals surface area contributed by atoms with Gasteiger partial charge in [0.1, 0.15) is 0 Å². The number of likely N-dealkylation sites (N-methyl/N-ethyl adjacent to an activating group) is 1. The summed E-state index contributed by atoms with van der Waals surface area (Å²) >= 11 is 0. The number of nitrogens with zero attached hydrogens (tertiary/aromatic N) is 2. The first-order valence-corrected chi connectivity index (χ1v) is 6.75. The lowest BCUT2D eigenvalue weighted by atomic mass is 10.1. The van der Waals surface area contributed by atoms with Gasteiger partial charge in [-0.05, 0) is 30.8 Å². The van der Waals surface area contributed by atoms with Gasteiger partial charge in [0.2, 0.25) is 11.7 Å². The molecule has 1 unspecified atom stereocenters. The zero-order chi connectivity index (χ0) is 13.9. The molecule has 102 valence electrons. The highest BCUT2D eigenvalue weighted by atomic mass is 16.5. The van der Waals surface area contributed by atoms with Gasteiger partial charge >= 0.3 is 0 Å². The maximum Gasteiger partial charge on any atom is 0.228 e. The lowest BCUT2D eigenvalue weighted by Gasteiger charge is -2.04. The molecule has 0 spiro atoms. The fourth-order valence-corrected chi connectivity index (χ4v) is 2.15. The molecule has 20 heavy (non-hydrogen) atoms. The van der Waals surface area contributed by atoms with E-state index in [4.69, 9.17) is 4.52 Å². The van der Waals surface area contributed by atoms with Crippen LogP contribution in [-0.2, 0) is 6.42 Å². The highest BCUT2D eigenvalue weighted by Gasteiger charge is 2.11. The number of hydrogen-bond acceptors (Lipinski definition) is 4. The first-order valence-electron chi connectivity index (χ1n) is 6.75. The first-order chi connectivity index (χ1) is 9.76. The quantitative estimate of drug-likeness (QED) is 0.789. The monoisotopic (exact) mass is 267 g/mol. The van der Waals surface area contributed by atoms with Gasteiger partial charge in [0.15, 0.2) is 0 Å². The van der Waals surface area contributed by atoms with Crippen LogP contribution in [0.3, 0.4) is 0 Å². The van der Waals surface area contributed by atoms with Crippen LogP contribution in [-0.4, -0.2) is 23.2 Å². The van der Waals surface area contributed by atoms with Gasteiger partial charge in [0, 0.05) is 18.0 Å². The highest BCUT2D eigenvalue weighted by Crippen LogP contribution is 2.22. The van der Waals surface area contributed by atoms with Gasteiger partial charge in [-0.1, -0.05) is 41.6 Å². The maximum absolute atomic E-state index is 5.30. The van der Waals surface area contributed by atoms with Crippen molar-refractivity contribution in [2.24, 2.45) is 0 Å². The molecule has 3 aromatic rings. The van der Waals surface area contributed by atoms with Gasteiger partial charge in [-0.25, -0.2) is 0 Å². The molecule has 1 heterocycles. The third-order valence-corrected chi connectivity index (χ3v) is 3.45. The molecule has 1 aromatic heterocycles. The summed E-state index contributed by atoms with van der Waals surface area (Å²) in [7, 11) is 1.92. The molecule has 0 fully saturated rings. The molecule has 1 N–H and O–H groups in total. The fourth-order valence-electron chi connectivity index (χ4n) is 2.15. The predicted molar refractivity (Wildman–Crippen MR) is 79.5 cm³/mol. The number of aromatic nitrogens is 2. The normalized spacial score (nSPS) is 12.7. The number of fused-ring (bicyclic) bond motifs is 1. The van der Waals surface area contributed by atoms with Crippen LogP contribution in [0.25, 0.3) is 22.2 Å². The molecule has 0 aliphatic rings. The third kappa shape index (κ3) is 2.56. The Hall–Kier alpha value is -2.20. The Morgan fingerprint density at radius 2 is 1.95 bits per heavy atom. The standard InChI is InChI=1S/C16H17N3O/c1-11(17-2)9-15-18-16(19-20-15)14-8-7-12-5-3-4-6-13(12)10-14/h3-8,10-11,17H,9H2,1-2H3. The Morgan fingerprint density at radius 3 is 2.75 bits per heavy atom. The van der Waals surface area contributed by atoms with Gasteiger partial charge in [0.25, 0.3) is 0 Å². The number of benzene rings is 2. The van der Waals surface area contributed by atoms with E-state index in [2.05, 4.69) is 46.6 Å². The molecule has 0 saturated heterocycles. The van der Waals surface area contributed by atoms with Crippen molar-refractivity contribution in [3.63, 3.8) is 0 Å². The molecule has 0 radical (unpaired) electrons. The molecule has 4 heteroatoms. The summed E-state index contributed by atoms with van der Waals surface area (Å²) < 4.78 is 5.30. The number of rotatable bonds is 4. The van der Waals surface area contributed by atoms with E-state index in [-0.39, 0.29) is 0 Å². The highest BCUT2D eigenvalue weighted by molar-refractivity contribution is 5.86. The summed E-state index contributed by atoms with van der Waals surface area (Å²) in [5.74, 6) is 1.31. The van der Waals surface area contributed by atoms with Crippen LogP contribution in [0.15, 0.2) is 47.0 Å². The van der Waals surface area contributed by atoms with E-state index < -0.39 is 0 Å². The lowest BCUT2D eigenvalue weighted by molar-refractivity contribution is 0.365. The Kier molecular flexibility index (Phi) is 3.48. The Bertz CT molecular complexity index is 720. The SMILES string of the molecule is CNC(C)Cc1nc(-c2ccc3ccccc3c2)no1. The Morgan fingerprint density at radius 1 is 1.15 bits per heavy atom. The second-order valence-electron chi connectivity index (χ2n) is 4.97. The number of nitrogens with one attached hydrogen (secondary N) is 1. The van der Waals surface area contributed by atoms with Gasteiger partial charge in [0.05, 0.1) is 0 Å². The summed E-state index contributed by atoms with van der Waals surface area (Å²) in [6, 6.07) is 14.8. The molecule has 0 saturated carbocycles. The average molecular weight is 267 g/mol. The van der Waals surface area contributed by atoms with Crippen LogP contribution in [0, 0.1) is 0 Å². The average Bonchev–Trinajstić information content (AvgIpc) is 2.95. The van der Waals surface area contributed by atoms with Gasteiger partial charge in [-0.15, -0.1) is 0 Å². The minimum Gasteiger partial charge on any atom is -0.339 e. The van der Waals surface area contributed by atoms with E-state index in [1.807, 2.05) is 25.2 Å². The van der Waals surface area contributed by atoms with Gasteiger partial charge in [-0.2, -0.15) is 4.98 Å². The molecule has 0 aliphatic carbocycles. The Labute approximate surface area is 117 Å². The summed E-state index contributed by atoms with van der Waals surface area (Å²) in [5, 5.41) is 9.62. The number of hydrogen-bond donors (Lipinski definition) is 1. The molecule has 2 aromatic carbocycles. The molecule has 0 amide bonds. The largest absolute Gasteiger partial charge is 0.339 e. The van der Waals surface area contributed by atoms with Crippen LogP contribution >= 0.6 is 0 Å². The van der Waals surface area contributed by atoms with Crippen LogP contribution in [0.4, 0.5) is 0 Å². The minimum absolute atomic E-state index is 0.319. The van der Waals surface area contributed by atoms with Crippen molar-refractivity contribution in [1.82, 2.24) is 15.5 Å². The fraction of sp³-hybridized carbons (Fsp3) is 0.250. The predicted octanol–water partition coefficient (Wildman–Crippen LogP) is 3.04. The van der Waals surface area contributed by atoms with E-state index in [1.54, 1.807) is 0 Å². The molecule has 3 rings (SSSR count). The second kappa shape index (κ2) is 5.43. The van der Waals surface area contributed by atoms with Crippen molar-refractivity contribution >= 4 is 10.8 Å². The molecule has 4 nitrogen and oxygen atoms in total. The molecule has 1 atom stereocenters. The third-order valence-electron chi connectivity index (χ3n) is 3.45. The van der Waals surface area contributed by atoms with Gasteiger partial charge < -0.3 is 9.84 Å². The van der Waals surface area contributed by atoms with E-state index in [9.17, 15) is 0 Å². The van der Waals surface area contributed by atoms with E-state index >= 15 is 0 Å². The molecule has 0 aliphatic heterocycles. The topological polar surface area (TPSA) is 51.0 Å². The first kappa shape index (κ1) is 12.8. The van der Waals surface area contributed by atoms with E-state index in [0.29, 0.717) is 17.8 Å². The molecular weight excluding hydrogens is 250 g/mol. The summed E-state index contributed by atoms with van der Waals surface area (Å²) in [6.07, 6.45) is 0.733. The van der Waals surface area contributed by atoms with E-state index in [0.717, 1.165) is 12.0 Å². The van der Waals surface area contributed by atoms with Gasteiger partial charge in [-0.3, -0.25) is 0 Å². The Balaban J connectivity index is 1.91. The summed E-state index contributed by atoms with van der Waals surface area (Å²) in [4.78, 5) is 4.46. The van der Waals surface area contributed by atoms with E-state index in [1.165, 1.54) is 10.8 Å². The molecule has 0 bridgehead atoms. The zero-order valence-corrected chi connectivity index (χ0v) is 11.6. The van der Waals surface area contributed by atoms with Crippen LogP contribution in [0.5, 0.6) is 0 Å². The van der Waals surface area contributed by atoms with Crippen molar-refractivity contribution in [1.29, 1.82) is 0 Å². The van der Waals surface area contributed by atoms with Crippen LogP contribution in [0.2, 0.25) is 0 Å². The smallest absolute Gasteiger partial charge is 0.228 e. The lowest BCUT2D eigenvalue weighted by Crippen LogP contribution is -2.23. The molecular formula is C16H17N3O. The van der Waals surface area contributed by atoms with Crippen LogP contribution in [0.1, 0.15) is 12.8 Å². The van der Waals surface area contributed by atoms with Crippen molar-refractivity contribution in [2.45, 2.75) is 19.4 Å². The second-order valence-corrected chi connectivity index (χ2v) is 4.97. The van der Waals surface area contributed by atoms with Crippen molar-refractivity contribution in [3.05, 3.63) is 48.4 Å². The van der Waals surface area contributed by atoms with Crippen molar-refractivity contribution < 1.29 is 4.52 Å². The summed E-state index contributed by atoms with van der Waals surface area (Å²) in [5.41, 5.74) is 0.982. The van der Waals surface area contributed by atoms with Crippen molar-refractivity contribution in [3.8, 4) is 11.4 Å².